The van der Waals surface area contributed by atoms with Crippen LogP contribution < -0.4 is 20.1 Å². The lowest BCUT2D eigenvalue weighted by Gasteiger charge is -2.09. The van der Waals surface area contributed by atoms with Crippen molar-refractivity contribution >= 4 is 11.8 Å². The van der Waals surface area contributed by atoms with Gasteiger partial charge in [-0.3, -0.25) is 9.59 Å². The quantitative estimate of drug-likeness (QED) is 0.402. The number of methoxy groups -OCH3 is 1. The standard InChI is InChI=1S/C26H36N2O4/c1-3-4-7-25(29)27-18-17-21-9-15-24(16-10-21)32-19-6-5-8-26(30)28-20-22-11-13-23(31-2)14-12-22/h9-16H,3-8,17-20H2,1-2H3,(H,27,29)(H,28,30). The highest BCUT2D eigenvalue weighted by Gasteiger charge is 2.03. The molecule has 6 nitrogen and oxygen atoms in total. The molecule has 0 bridgehead atoms. The largest absolute Gasteiger partial charge is 0.497 e. The predicted molar refractivity (Wildman–Crippen MR) is 127 cm³/mol. The molecule has 0 aliphatic rings. The Kier molecular flexibility index (Phi) is 11.7. The van der Waals surface area contributed by atoms with Crippen LogP contribution in [0.2, 0.25) is 0 Å². The molecular weight excluding hydrogens is 404 g/mol. The number of carbonyl (C=O) groups excluding carboxylic acids is 2. The van der Waals surface area contributed by atoms with Gasteiger partial charge in [-0.1, -0.05) is 37.6 Å². The van der Waals surface area contributed by atoms with Crippen molar-refractivity contribution in [1.82, 2.24) is 10.6 Å². The van der Waals surface area contributed by atoms with Crippen molar-refractivity contribution in [2.45, 2.75) is 58.4 Å². The van der Waals surface area contributed by atoms with Crippen LogP contribution in [0.15, 0.2) is 48.5 Å². The van der Waals surface area contributed by atoms with Crippen molar-refractivity contribution in [3.8, 4) is 11.5 Å². The van der Waals surface area contributed by atoms with Gasteiger partial charge in [0.1, 0.15) is 11.5 Å². The van der Waals surface area contributed by atoms with E-state index in [9.17, 15) is 9.59 Å². The van der Waals surface area contributed by atoms with Crippen molar-refractivity contribution in [3.05, 3.63) is 59.7 Å². The lowest BCUT2D eigenvalue weighted by atomic mass is 10.1. The number of unbranched alkanes of at least 4 members (excludes halogenated alkanes) is 2. The summed E-state index contributed by atoms with van der Waals surface area (Å²) in [6.07, 6.45) is 5.48. The van der Waals surface area contributed by atoms with Crippen LogP contribution in [-0.4, -0.2) is 32.1 Å². The smallest absolute Gasteiger partial charge is 0.220 e. The lowest BCUT2D eigenvalue weighted by molar-refractivity contribution is -0.122. The topological polar surface area (TPSA) is 76.7 Å². The summed E-state index contributed by atoms with van der Waals surface area (Å²) >= 11 is 0. The van der Waals surface area contributed by atoms with Gasteiger partial charge in [0.25, 0.3) is 0 Å². The van der Waals surface area contributed by atoms with E-state index >= 15 is 0 Å². The average molecular weight is 441 g/mol. The van der Waals surface area contributed by atoms with Crippen molar-refractivity contribution < 1.29 is 19.1 Å². The maximum Gasteiger partial charge on any atom is 0.220 e. The van der Waals surface area contributed by atoms with Gasteiger partial charge < -0.3 is 20.1 Å². The second kappa shape index (κ2) is 14.9. The first-order chi connectivity index (χ1) is 15.6. The number of rotatable bonds is 15. The fourth-order valence-electron chi connectivity index (χ4n) is 3.13. The first-order valence-electron chi connectivity index (χ1n) is 11.5. The second-order valence-corrected chi connectivity index (χ2v) is 7.78. The fraction of sp³-hybridized carbons (Fsp3) is 0.462. The minimum absolute atomic E-state index is 0.0481. The Bertz CT molecular complexity index is 804. The molecule has 0 saturated carbocycles. The summed E-state index contributed by atoms with van der Waals surface area (Å²) in [6, 6.07) is 15.6. The maximum absolute atomic E-state index is 12.0. The zero-order chi connectivity index (χ0) is 23.0. The van der Waals surface area contributed by atoms with Gasteiger partial charge >= 0.3 is 0 Å². The minimum Gasteiger partial charge on any atom is -0.497 e. The van der Waals surface area contributed by atoms with Crippen LogP contribution in [0.5, 0.6) is 11.5 Å². The summed E-state index contributed by atoms with van der Waals surface area (Å²) in [7, 11) is 1.63. The normalized spacial score (nSPS) is 10.4. The molecule has 0 aliphatic carbocycles. The highest BCUT2D eigenvalue weighted by Crippen LogP contribution is 2.14. The Morgan fingerprint density at radius 3 is 2.09 bits per heavy atom. The highest BCUT2D eigenvalue weighted by atomic mass is 16.5. The van der Waals surface area contributed by atoms with E-state index < -0.39 is 0 Å². The fourth-order valence-corrected chi connectivity index (χ4v) is 3.13. The third-order valence-corrected chi connectivity index (χ3v) is 5.13. The third-order valence-electron chi connectivity index (χ3n) is 5.13. The SMILES string of the molecule is CCCCC(=O)NCCc1ccc(OCCCCC(=O)NCc2ccc(OC)cc2)cc1. The van der Waals surface area contributed by atoms with E-state index in [2.05, 4.69) is 17.6 Å². The van der Waals surface area contributed by atoms with Crippen LogP contribution >= 0.6 is 0 Å². The molecule has 0 aliphatic heterocycles. The van der Waals surface area contributed by atoms with E-state index in [4.69, 9.17) is 9.47 Å². The van der Waals surface area contributed by atoms with Gasteiger partial charge in [0.15, 0.2) is 0 Å². The summed E-state index contributed by atoms with van der Waals surface area (Å²) in [6.45, 7) is 3.84. The molecule has 32 heavy (non-hydrogen) atoms. The van der Waals surface area contributed by atoms with E-state index in [1.807, 2.05) is 48.5 Å². The molecule has 174 valence electrons. The van der Waals surface area contributed by atoms with Gasteiger partial charge in [-0.05, 0) is 61.1 Å². The van der Waals surface area contributed by atoms with Crippen molar-refractivity contribution in [2.24, 2.45) is 0 Å². The molecule has 0 atom stereocenters. The minimum atomic E-state index is 0.0481. The summed E-state index contributed by atoms with van der Waals surface area (Å²) in [5.41, 5.74) is 2.21. The summed E-state index contributed by atoms with van der Waals surface area (Å²) < 4.78 is 10.9. The zero-order valence-electron chi connectivity index (χ0n) is 19.3. The van der Waals surface area contributed by atoms with Gasteiger partial charge in [0.05, 0.1) is 13.7 Å². The zero-order valence-corrected chi connectivity index (χ0v) is 19.3. The first-order valence-corrected chi connectivity index (χ1v) is 11.5. The molecule has 2 aromatic rings. The van der Waals surface area contributed by atoms with E-state index in [1.165, 1.54) is 5.56 Å². The van der Waals surface area contributed by atoms with Crippen LogP contribution in [0.3, 0.4) is 0 Å². The van der Waals surface area contributed by atoms with Gasteiger partial charge in [-0.2, -0.15) is 0 Å². The van der Waals surface area contributed by atoms with E-state index in [1.54, 1.807) is 7.11 Å². The number of hydrogen-bond donors (Lipinski definition) is 2. The molecule has 0 spiro atoms. The first kappa shape index (κ1) is 25.2. The van der Waals surface area contributed by atoms with Crippen LogP contribution in [0.1, 0.15) is 56.6 Å². The Hall–Kier alpha value is -3.02. The summed E-state index contributed by atoms with van der Waals surface area (Å²) in [5.74, 6) is 1.80. The van der Waals surface area contributed by atoms with Gasteiger partial charge in [-0.15, -0.1) is 0 Å². The second-order valence-electron chi connectivity index (χ2n) is 7.78. The van der Waals surface area contributed by atoms with Crippen LogP contribution in [-0.2, 0) is 22.6 Å². The monoisotopic (exact) mass is 440 g/mol. The summed E-state index contributed by atoms with van der Waals surface area (Å²) in [5, 5.41) is 5.89. The van der Waals surface area contributed by atoms with E-state index in [-0.39, 0.29) is 11.8 Å². The van der Waals surface area contributed by atoms with Crippen molar-refractivity contribution in [3.63, 3.8) is 0 Å². The van der Waals surface area contributed by atoms with Crippen LogP contribution in [0.4, 0.5) is 0 Å². The number of nitrogens with one attached hydrogen (secondary N) is 2. The number of carbonyl (C=O) groups is 2. The molecule has 2 aromatic carbocycles. The predicted octanol–water partition coefficient (Wildman–Crippen LogP) is 4.41. The third kappa shape index (κ3) is 10.3. The molecule has 0 radical (unpaired) electrons. The van der Waals surface area contributed by atoms with Crippen LogP contribution in [0.25, 0.3) is 0 Å². The highest BCUT2D eigenvalue weighted by molar-refractivity contribution is 5.76. The van der Waals surface area contributed by atoms with Crippen molar-refractivity contribution in [2.75, 3.05) is 20.3 Å². The van der Waals surface area contributed by atoms with Crippen LogP contribution in [0, 0.1) is 0 Å². The van der Waals surface area contributed by atoms with Crippen molar-refractivity contribution in [1.29, 1.82) is 0 Å². The Labute approximate surface area is 191 Å². The molecule has 0 saturated heterocycles. The van der Waals surface area contributed by atoms with Gasteiger partial charge in [-0.25, -0.2) is 0 Å². The molecule has 0 fully saturated rings. The Morgan fingerprint density at radius 1 is 0.781 bits per heavy atom. The number of ether oxygens (including phenoxy) is 2. The van der Waals surface area contributed by atoms with Gasteiger partial charge in [0.2, 0.25) is 11.8 Å². The maximum atomic E-state index is 12.0. The molecular formula is C26H36N2O4. The number of hydrogen-bond acceptors (Lipinski definition) is 4. The molecule has 0 aromatic heterocycles. The molecule has 2 N–H and O–H groups in total. The van der Waals surface area contributed by atoms with Gasteiger partial charge in [0, 0.05) is 25.9 Å². The molecule has 6 heteroatoms. The Morgan fingerprint density at radius 2 is 1.41 bits per heavy atom. The summed E-state index contributed by atoms with van der Waals surface area (Å²) in [4.78, 5) is 23.6. The molecule has 2 amide bonds. The average Bonchev–Trinajstić information content (AvgIpc) is 2.82. The number of benzene rings is 2. The Balaban J connectivity index is 1.53. The van der Waals surface area contributed by atoms with E-state index in [0.717, 1.165) is 49.2 Å². The van der Waals surface area contributed by atoms with E-state index in [0.29, 0.717) is 32.5 Å². The molecule has 2 rings (SSSR count). The molecule has 0 heterocycles. The molecule has 0 unspecified atom stereocenters. The number of amides is 2. The lowest BCUT2D eigenvalue weighted by Crippen LogP contribution is -2.25.